The number of benzene rings is 1. The van der Waals surface area contributed by atoms with E-state index < -0.39 is 0 Å². The fourth-order valence-corrected chi connectivity index (χ4v) is 2.59. The number of nitrogens with zero attached hydrogens (tertiary/aromatic N) is 2. The smallest absolute Gasteiger partial charge is 0.132 e. The minimum atomic E-state index is 0.0925. The third kappa shape index (κ3) is 2.25. The summed E-state index contributed by atoms with van der Waals surface area (Å²) in [6.07, 6.45) is 3.45. The Bertz CT molecular complexity index is 646. The Balaban J connectivity index is 1.88. The molecule has 102 valence electrons. The molecule has 0 radical (unpaired) electrons. The SMILES string of the molecule is CN(c1ccc(C(=N)N)cc1)c1ccc2c(n1)CCC2. The van der Waals surface area contributed by atoms with E-state index in [0.29, 0.717) is 0 Å². The van der Waals surface area contributed by atoms with Crippen LogP contribution in [0, 0.1) is 5.41 Å². The number of aryl methyl sites for hydroxylation is 2. The highest BCUT2D eigenvalue weighted by molar-refractivity contribution is 5.95. The lowest BCUT2D eigenvalue weighted by Gasteiger charge is -2.19. The van der Waals surface area contributed by atoms with E-state index in [-0.39, 0.29) is 5.84 Å². The standard InChI is InChI=1S/C16H18N4/c1-20(13-8-5-12(6-9-13)16(17)18)15-10-7-11-3-2-4-14(11)19-15/h5-10H,2-4H2,1H3,(H3,17,18). The molecule has 0 unspecified atom stereocenters. The van der Waals surface area contributed by atoms with E-state index >= 15 is 0 Å². The fourth-order valence-electron chi connectivity index (χ4n) is 2.59. The third-order valence-electron chi connectivity index (χ3n) is 3.82. The Morgan fingerprint density at radius 1 is 1.15 bits per heavy atom. The predicted octanol–water partition coefficient (Wildman–Crippen LogP) is 2.62. The van der Waals surface area contributed by atoms with Crippen molar-refractivity contribution >= 4 is 17.3 Å². The first-order chi connectivity index (χ1) is 9.65. The van der Waals surface area contributed by atoms with Crippen molar-refractivity contribution in [1.29, 1.82) is 5.41 Å². The molecule has 0 spiro atoms. The maximum absolute atomic E-state index is 7.41. The molecule has 4 nitrogen and oxygen atoms in total. The van der Waals surface area contributed by atoms with Crippen LogP contribution in [0.5, 0.6) is 0 Å². The Morgan fingerprint density at radius 2 is 1.90 bits per heavy atom. The average molecular weight is 266 g/mol. The summed E-state index contributed by atoms with van der Waals surface area (Å²) in [4.78, 5) is 6.80. The van der Waals surface area contributed by atoms with Crippen LogP contribution < -0.4 is 10.6 Å². The number of amidine groups is 1. The molecule has 2 aromatic rings. The van der Waals surface area contributed by atoms with Gasteiger partial charge in [0.1, 0.15) is 11.7 Å². The number of pyridine rings is 1. The van der Waals surface area contributed by atoms with E-state index in [2.05, 4.69) is 17.0 Å². The molecule has 0 amide bonds. The molecule has 3 rings (SSSR count). The zero-order valence-electron chi connectivity index (χ0n) is 11.6. The van der Waals surface area contributed by atoms with Crippen LogP contribution in [0.15, 0.2) is 36.4 Å². The molecule has 0 bridgehead atoms. The molecular weight excluding hydrogens is 248 g/mol. The molecular formula is C16H18N4. The van der Waals surface area contributed by atoms with Crippen molar-refractivity contribution in [2.24, 2.45) is 5.73 Å². The second-order valence-electron chi connectivity index (χ2n) is 5.15. The van der Waals surface area contributed by atoms with Crippen LogP contribution in [0.2, 0.25) is 0 Å². The summed E-state index contributed by atoms with van der Waals surface area (Å²) >= 11 is 0. The van der Waals surface area contributed by atoms with E-state index in [0.717, 1.165) is 29.9 Å². The summed E-state index contributed by atoms with van der Waals surface area (Å²) in [5.41, 5.74) is 9.87. The van der Waals surface area contributed by atoms with Crippen LogP contribution >= 0.6 is 0 Å². The first-order valence-electron chi connectivity index (χ1n) is 6.82. The summed E-state index contributed by atoms with van der Waals surface area (Å²) in [5, 5.41) is 7.41. The lowest BCUT2D eigenvalue weighted by molar-refractivity contribution is 0.898. The fraction of sp³-hybridized carbons (Fsp3) is 0.250. The molecule has 0 saturated carbocycles. The number of fused-ring (bicyclic) bond motifs is 1. The summed E-state index contributed by atoms with van der Waals surface area (Å²) in [6, 6.07) is 11.9. The van der Waals surface area contributed by atoms with E-state index in [9.17, 15) is 0 Å². The first kappa shape index (κ1) is 12.7. The minimum absolute atomic E-state index is 0.0925. The van der Waals surface area contributed by atoms with Crippen molar-refractivity contribution in [3.8, 4) is 0 Å². The van der Waals surface area contributed by atoms with Crippen LogP contribution in [-0.2, 0) is 12.8 Å². The Kier molecular flexibility index (Phi) is 3.14. The zero-order valence-corrected chi connectivity index (χ0v) is 11.6. The number of nitrogens with two attached hydrogens (primary N) is 1. The number of rotatable bonds is 3. The van der Waals surface area contributed by atoms with Gasteiger partial charge in [-0.15, -0.1) is 0 Å². The number of nitrogens with one attached hydrogen (secondary N) is 1. The van der Waals surface area contributed by atoms with Crippen LogP contribution in [0.3, 0.4) is 0 Å². The number of nitrogen functional groups attached to an aromatic ring is 1. The van der Waals surface area contributed by atoms with Gasteiger partial charge in [0.05, 0.1) is 0 Å². The van der Waals surface area contributed by atoms with E-state index in [4.69, 9.17) is 16.1 Å². The first-order valence-corrected chi connectivity index (χ1v) is 6.82. The lowest BCUT2D eigenvalue weighted by Crippen LogP contribution is -2.14. The van der Waals surface area contributed by atoms with Crippen molar-refractivity contribution in [2.75, 3.05) is 11.9 Å². The third-order valence-corrected chi connectivity index (χ3v) is 3.82. The van der Waals surface area contributed by atoms with Gasteiger partial charge in [0.2, 0.25) is 0 Å². The van der Waals surface area contributed by atoms with Crippen LogP contribution in [0.25, 0.3) is 0 Å². The van der Waals surface area contributed by atoms with Gasteiger partial charge in [0, 0.05) is 24.0 Å². The van der Waals surface area contributed by atoms with Crippen LogP contribution in [-0.4, -0.2) is 17.9 Å². The van der Waals surface area contributed by atoms with Crippen molar-refractivity contribution < 1.29 is 0 Å². The van der Waals surface area contributed by atoms with Crippen molar-refractivity contribution in [2.45, 2.75) is 19.3 Å². The molecule has 20 heavy (non-hydrogen) atoms. The minimum Gasteiger partial charge on any atom is -0.384 e. The second-order valence-corrected chi connectivity index (χ2v) is 5.15. The van der Waals surface area contributed by atoms with Gasteiger partial charge in [-0.05, 0) is 55.2 Å². The largest absolute Gasteiger partial charge is 0.384 e. The van der Waals surface area contributed by atoms with E-state index in [1.807, 2.05) is 31.3 Å². The summed E-state index contributed by atoms with van der Waals surface area (Å²) in [5.74, 6) is 1.05. The highest BCUT2D eigenvalue weighted by Crippen LogP contribution is 2.26. The summed E-state index contributed by atoms with van der Waals surface area (Å²) in [6.45, 7) is 0. The lowest BCUT2D eigenvalue weighted by atomic mass is 10.2. The predicted molar refractivity (Wildman–Crippen MR) is 81.8 cm³/mol. The molecule has 1 heterocycles. The highest BCUT2D eigenvalue weighted by atomic mass is 15.2. The van der Waals surface area contributed by atoms with Crippen molar-refractivity contribution in [3.05, 3.63) is 53.2 Å². The maximum atomic E-state index is 7.41. The molecule has 1 aliphatic rings. The van der Waals surface area contributed by atoms with Gasteiger partial charge < -0.3 is 10.6 Å². The zero-order chi connectivity index (χ0) is 14.1. The molecule has 1 aromatic carbocycles. The normalized spacial score (nSPS) is 13.1. The topological polar surface area (TPSA) is 66.0 Å². The van der Waals surface area contributed by atoms with Crippen molar-refractivity contribution in [3.63, 3.8) is 0 Å². The molecule has 3 N–H and O–H groups in total. The molecule has 0 aliphatic heterocycles. The van der Waals surface area contributed by atoms with Gasteiger partial charge in [-0.2, -0.15) is 0 Å². The van der Waals surface area contributed by atoms with Gasteiger partial charge in [-0.3, -0.25) is 5.41 Å². The van der Waals surface area contributed by atoms with Crippen LogP contribution in [0.4, 0.5) is 11.5 Å². The van der Waals surface area contributed by atoms with Gasteiger partial charge in [-0.25, -0.2) is 4.98 Å². The summed E-state index contributed by atoms with van der Waals surface area (Å²) in [7, 11) is 2.01. The molecule has 1 aliphatic carbocycles. The Labute approximate surface area is 118 Å². The molecule has 4 heteroatoms. The van der Waals surface area contributed by atoms with Gasteiger partial charge in [-0.1, -0.05) is 6.07 Å². The van der Waals surface area contributed by atoms with E-state index in [1.165, 1.54) is 17.7 Å². The molecule has 0 fully saturated rings. The quantitative estimate of drug-likeness (QED) is 0.663. The second kappa shape index (κ2) is 4.96. The average Bonchev–Trinajstić information content (AvgIpc) is 2.94. The number of hydrogen-bond donors (Lipinski definition) is 2. The van der Waals surface area contributed by atoms with Crippen molar-refractivity contribution in [1.82, 2.24) is 4.98 Å². The summed E-state index contributed by atoms with van der Waals surface area (Å²) < 4.78 is 0. The highest BCUT2D eigenvalue weighted by Gasteiger charge is 2.14. The van der Waals surface area contributed by atoms with Gasteiger partial charge in [0.15, 0.2) is 0 Å². The van der Waals surface area contributed by atoms with E-state index in [1.54, 1.807) is 0 Å². The Hall–Kier alpha value is -2.36. The Morgan fingerprint density at radius 3 is 2.60 bits per heavy atom. The molecule has 1 aromatic heterocycles. The van der Waals surface area contributed by atoms with Gasteiger partial charge in [0.25, 0.3) is 0 Å². The van der Waals surface area contributed by atoms with Gasteiger partial charge >= 0.3 is 0 Å². The molecule has 0 atom stereocenters. The number of hydrogen-bond acceptors (Lipinski definition) is 3. The number of aromatic nitrogens is 1. The molecule has 0 saturated heterocycles. The van der Waals surface area contributed by atoms with Crippen LogP contribution in [0.1, 0.15) is 23.2 Å². The monoisotopic (exact) mass is 266 g/mol. The maximum Gasteiger partial charge on any atom is 0.132 e. The number of anilines is 2.